The maximum atomic E-state index is 12.0. The third kappa shape index (κ3) is 5.67. The molecule has 1 saturated heterocycles. The van der Waals surface area contributed by atoms with Gasteiger partial charge in [0.1, 0.15) is 0 Å². The monoisotopic (exact) mass is 289 g/mol. The molecule has 1 heterocycles. The number of carbonyl (C=O) groups is 1. The second kappa shape index (κ2) is 8.77. The van der Waals surface area contributed by atoms with Crippen LogP contribution in [0.5, 0.6) is 0 Å². The van der Waals surface area contributed by atoms with Crippen molar-refractivity contribution in [1.29, 1.82) is 0 Å². The molecule has 19 heavy (non-hydrogen) atoms. The Morgan fingerprint density at radius 3 is 2.63 bits per heavy atom. The Labute approximate surface area is 123 Å². The van der Waals surface area contributed by atoms with Crippen LogP contribution in [0.2, 0.25) is 0 Å². The second-order valence-corrected chi connectivity index (χ2v) is 5.85. The molecular weight excluding hydrogens is 262 g/mol. The smallest absolute Gasteiger partial charge is 0.234 e. The van der Waals surface area contributed by atoms with E-state index in [1.54, 1.807) is 0 Å². The van der Waals surface area contributed by atoms with Gasteiger partial charge in [0.05, 0.1) is 6.54 Å². The Kier molecular flexibility index (Phi) is 7.73. The van der Waals surface area contributed by atoms with Crippen LogP contribution in [0.25, 0.3) is 0 Å². The molecule has 0 aromatic heterocycles. The number of halogens is 1. The topological polar surface area (TPSA) is 44.4 Å². The summed E-state index contributed by atoms with van der Waals surface area (Å²) >= 11 is 0. The van der Waals surface area contributed by atoms with Crippen molar-refractivity contribution < 1.29 is 4.79 Å². The predicted octanol–water partition coefficient (Wildman–Crippen LogP) is 1.40. The van der Waals surface area contributed by atoms with E-state index in [-0.39, 0.29) is 18.3 Å². The Morgan fingerprint density at radius 1 is 1.21 bits per heavy atom. The van der Waals surface area contributed by atoms with Gasteiger partial charge < -0.3 is 10.6 Å². The third-order valence-electron chi connectivity index (χ3n) is 4.20. The molecule has 4 nitrogen and oxygen atoms in total. The van der Waals surface area contributed by atoms with E-state index in [4.69, 9.17) is 0 Å². The minimum Gasteiger partial charge on any atom is -0.352 e. The first-order valence-corrected chi connectivity index (χ1v) is 7.44. The van der Waals surface area contributed by atoms with E-state index in [9.17, 15) is 4.79 Å². The van der Waals surface area contributed by atoms with Crippen molar-refractivity contribution in [2.24, 2.45) is 5.92 Å². The molecule has 2 aliphatic rings. The van der Waals surface area contributed by atoms with Gasteiger partial charge in [-0.1, -0.05) is 19.3 Å². The lowest BCUT2D eigenvalue weighted by Crippen LogP contribution is -2.42. The summed E-state index contributed by atoms with van der Waals surface area (Å²) in [6.45, 7) is 3.81. The molecule has 0 spiro atoms. The van der Waals surface area contributed by atoms with E-state index in [2.05, 4.69) is 15.5 Å². The zero-order valence-electron chi connectivity index (χ0n) is 12.0. The lowest BCUT2D eigenvalue weighted by Gasteiger charge is -2.24. The number of rotatable bonds is 5. The van der Waals surface area contributed by atoms with Crippen LogP contribution >= 0.6 is 12.4 Å². The van der Waals surface area contributed by atoms with Crippen molar-refractivity contribution in [3.8, 4) is 0 Å². The van der Waals surface area contributed by atoms with Crippen molar-refractivity contribution in [3.05, 3.63) is 0 Å². The fourth-order valence-electron chi connectivity index (χ4n) is 3.24. The van der Waals surface area contributed by atoms with Crippen LogP contribution < -0.4 is 10.6 Å². The molecule has 112 valence electrons. The van der Waals surface area contributed by atoms with E-state index in [1.165, 1.54) is 38.5 Å². The highest BCUT2D eigenvalue weighted by atomic mass is 35.5. The molecule has 5 heteroatoms. The van der Waals surface area contributed by atoms with Gasteiger partial charge in [-0.2, -0.15) is 0 Å². The second-order valence-electron chi connectivity index (χ2n) is 5.85. The molecule has 0 radical (unpaired) electrons. The first kappa shape index (κ1) is 16.7. The quantitative estimate of drug-likeness (QED) is 0.804. The molecule has 1 unspecified atom stereocenters. The molecule has 0 aromatic rings. The van der Waals surface area contributed by atoms with Gasteiger partial charge >= 0.3 is 0 Å². The van der Waals surface area contributed by atoms with Crippen molar-refractivity contribution in [2.75, 3.05) is 33.2 Å². The van der Waals surface area contributed by atoms with Crippen LogP contribution in [0.15, 0.2) is 0 Å². The molecule has 2 N–H and O–H groups in total. The van der Waals surface area contributed by atoms with Gasteiger partial charge in [0, 0.05) is 12.6 Å². The summed E-state index contributed by atoms with van der Waals surface area (Å²) in [6, 6.07) is 0.446. The molecule has 0 bridgehead atoms. The minimum absolute atomic E-state index is 0. The summed E-state index contributed by atoms with van der Waals surface area (Å²) in [5.74, 6) is 0.949. The highest BCUT2D eigenvalue weighted by molar-refractivity contribution is 5.85. The lowest BCUT2D eigenvalue weighted by molar-refractivity contribution is -0.122. The zero-order valence-corrected chi connectivity index (χ0v) is 12.8. The van der Waals surface area contributed by atoms with Gasteiger partial charge in [-0.05, 0) is 45.3 Å². The van der Waals surface area contributed by atoms with Crippen LogP contribution in [-0.4, -0.2) is 50.1 Å². The van der Waals surface area contributed by atoms with Crippen LogP contribution in [0.3, 0.4) is 0 Å². The van der Waals surface area contributed by atoms with Gasteiger partial charge in [-0.25, -0.2) is 0 Å². The highest BCUT2D eigenvalue weighted by Gasteiger charge is 2.24. The lowest BCUT2D eigenvalue weighted by atomic mass is 9.95. The van der Waals surface area contributed by atoms with Crippen molar-refractivity contribution in [3.63, 3.8) is 0 Å². The van der Waals surface area contributed by atoms with Crippen LogP contribution in [-0.2, 0) is 4.79 Å². The zero-order chi connectivity index (χ0) is 12.8. The number of likely N-dealkylation sites (tertiary alicyclic amines) is 1. The van der Waals surface area contributed by atoms with E-state index >= 15 is 0 Å². The van der Waals surface area contributed by atoms with Gasteiger partial charge in [0.2, 0.25) is 5.91 Å². The minimum atomic E-state index is 0. The number of carbonyl (C=O) groups excluding carboxylic acids is 1. The molecule has 1 saturated carbocycles. The molecule has 2 rings (SSSR count). The Bertz CT molecular complexity index is 269. The summed E-state index contributed by atoms with van der Waals surface area (Å²) < 4.78 is 0. The summed E-state index contributed by atoms with van der Waals surface area (Å²) in [5, 5.41) is 6.42. The fraction of sp³-hybridized carbons (Fsp3) is 0.929. The number of hydrogen-bond donors (Lipinski definition) is 2. The van der Waals surface area contributed by atoms with Crippen LogP contribution in [0.4, 0.5) is 0 Å². The van der Waals surface area contributed by atoms with Crippen molar-refractivity contribution in [2.45, 2.75) is 44.6 Å². The van der Waals surface area contributed by atoms with Crippen molar-refractivity contribution >= 4 is 18.3 Å². The molecule has 1 aliphatic carbocycles. The van der Waals surface area contributed by atoms with Crippen LogP contribution in [0, 0.1) is 5.92 Å². The van der Waals surface area contributed by atoms with E-state index in [0.717, 1.165) is 25.6 Å². The summed E-state index contributed by atoms with van der Waals surface area (Å²) in [6.07, 6.45) is 7.46. The third-order valence-corrected chi connectivity index (χ3v) is 4.20. The maximum absolute atomic E-state index is 12.0. The Balaban J connectivity index is 0.00000180. The summed E-state index contributed by atoms with van der Waals surface area (Å²) in [4.78, 5) is 14.3. The molecule has 1 atom stereocenters. The molecule has 2 fully saturated rings. The predicted molar refractivity (Wildman–Crippen MR) is 80.7 cm³/mol. The highest BCUT2D eigenvalue weighted by Crippen LogP contribution is 2.18. The first-order valence-electron chi connectivity index (χ1n) is 7.44. The van der Waals surface area contributed by atoms with Gasteiger partial charge in [0.15, 0.2) is 0 Å². The van der Waals surface area contributed by atoms with E-state index in [0.29, 0.717) is 12.6 Å². The Hall–Kier alpha value is -0.320. The molecule has 1 amide bonds. The Morgan fingerprint density at radius 2 is 1.95 bits per heavy atom. The number of nitrogens with zero attached hydrogens (tertiary/aromatic N) is 1. The van der Waals surface area contributed by atoms with Crippen LogP contribution in [0.1, 0.15) is 38.5 Å². The standard InChI is InChI=1S/C14H27N3O.ClH/c1-15-9-12-7-8-17(10-12)11-14(18)16-13-5-3-2-4-6-13;/h12-13,15H,2-11H2,1H3,(H,16,18);1H. The number of nitrogens with one attached hydrogen (secondary N) is 2. The van der Waals surface area contributed by atoms with Gasteiger partial charge in [-0.15, -0.1) is 12.4 Å². The summed E-state index contributed by atoms with van der Waals surface area (Å²) in [5.41, 5.74) is 0. The summed E-state index contributed by atoms with van der Waals surface area (Å²) in [7, 11) is 2.00. The van der Waals surface area contributed by atoms with Gasteiger partial charge in [0.25, 0.3) is 0 Å². The SMILES string of the molecule is CNCC1CCN(CC(=O)NC2CCCCC2)C1.Cl. The van der Waals surface area contributed by atoms with Crippen molar-refractivity contribution in [1.82, 2.24) is 15.5 Å². The van der Waals surface area contributed by atoms with E-state index in [1.807, 2.05) is 7.05 Å². The number of amides is 1. The number of hydrogen-bond acceptors (Lipinski definition) is 3. The average molecular weight is 290 g/mol. The normalized spacial score (nSPS) is 25.0. The molecular formula is C14H28ClN3O. The average Bonchev–Trinajstić information content (AvgIpc) is 2.78. The fourth-order valence-corrected chi connectivity index (χ4v) is 3.24. The van der Waals surface area contributed by atoms with E-state index < -0.39 is 0 Å². The largest absolute Gasteiger partial charge is 0.352 e. The van der Waals surface area contributed by atoms with Gasteiger partial charge in [-0.3, -0.25) is 9.69 Å². The maximum Gasteiger partial charge on any atom is 0.234 e. The molecule has 1 aliphatic heterocycles. The molecule has 0 aromatic carbocycles. The first-order chi connectivity index (χ1) is 8.78.